The molecular weight excluding hydrogens is 448 g/mol. The molecule has 0 aliphatic rings. The summed E-state index contributed by atoms with van der Waals surface area (Å²) in [6.45, 7) is 0. The molecular formula is C28H17F2N3O2. The van der Waals surface area contributed by atoms with Gasteiger partial charge in [0.25, 0.3) is 5.91 Å². The maximum absolute atomic E-state index is 14.3. The summed E-state index contributed by atoms with van der Waals surface area (Å²) >= 11 is 0. The summed E-state index contributed by atoms with van der Waals surface area (Å²) < 4.78 is 27.8. The lowest BCUT2D eigenvalue weighted by atomic mass is 9.99. The monoisotopic (exact) mass is 465 g/mol. The van der Waals surface area contributed by atoms with Gasteiger partial charge in [0.1, 0.15) is 11.6 Å². The number of amides is 1. The smallest absolute Gasteiger partial charge is 0.255 e. The lowest BCUT2D eigenvalue weighted by molar-refractivity contribution is 0.102. The molecule has 5 nitrogen and oxygen atoms in total. The highest BCUT2D eigenvalue weighted by Crippen LogP contribution is 2.25. The standard InChI is InChI=1S/C28H17F2N3O2/c29-23-5-1-3-18(11-23)28(35)33-25-13-21(12-24(30)14-25)27(34)17-6-7-26-20(9-17)10-22(16-32-26)19-4-2-8-31-15-19/h1-16H,(H,33,35). The first-order valence-electron chi connectivity index (χ1n) is 10.7. The first-order valence-corrected chi connectivity index (χ1v) is 10.7. The summed E-state index contributed by atoms with van der Waals surface area (Å²) in [4.78, 5) is 34.2. The van der Waals surface area contributed by atoms with Crippen molar-refractivity contribution >= 4 is 28.3 Å². The molecule has 0 aliphatic carbocycles. The Hall–Kier alpha value is -4.78. The van der Waals surface area contributed by atoms with Crippen LogP contribution in [-0.4, -0.2) is 21.7 Å². The molecule has 0 fully saturated rings. The zero-order chi connectivity index (χ0) is 24.4. The fraction of sp³-hybridized carbons (Fsp3) is 0. The summed E-state index contributed by atoms with van der Waals surface area (Å²) in [5.41, 5.74) is 3.02. The number of hydrogen-bond donors (Lipinski definition) is 1. The van der Waals surface area contributed by atoms with Crippen LogP contribution < -0.4 is 5.32 Å². The minimum atomic E-state index is -0.688. The van der Waals surface area contributed by atoms with Crippen LogP contribution in [0.25, 0.3) is 22.0 Å². The van der Waals surface area contributed by atoms with Crippen molar-refractivity contribution in [1.82, 2.24) is 9.97 Å². The third kappa shape index (κ3) is 4.79. The van der Waals surface area contributed by atoms with Crippen LogP contribution in [-0.2, 0) is 0 Å². The number of nitrogens with zero attached hydrogens (tertiary/aromatic N) is 2. The molecule has 2 aromatic heterocycles. The number of fused-ring (bicyclic) bond motifs is 1. The number of benzene rings is 3. The second-order valence-corrected chi connectivity index (χ2v) is 7.90. The van der Waals surface area contributed by atoms with Gasteiger partial charge in [0.2, 0.25) is 0 Å². The van der Waals surface area contributed by atoms with Crippen molar-refractivity contribution in [2.45, 2.75) is 0 Å². The molecule has 5 aromatic rings. The fourth-order valence-corrected chi connectivity index (χ4v) is 3.76. The lowest BCUT2D eigenvalue weighted by Gasteiger charge is -2.09. The highest BCUT2D eigenvalue weighted by Gasteiger charge is 2.15. The molecule has 0 atom stereocenters. The first kappa shape index (κ1) is 22.0. The summed E-state index contributed by atoms with van der Waals surface area (Å²) in [7, 11) is 0. The highest BCUT2D eigenvalue weighted by atomic mass is 19.1. The quantitative estimate of drug-likeness (QED) is 0.320. The first-order chi connectivity index (χ1) is 17.0. The molecule has 0 saturated carbocycles. The van der Waals surface area contributed by atoms with Gasteiger partial charge in [-0.15, -0.1) is 0 Å². The number of carbonyl (C=O) groups excluding carboxylic acids is 2. The molecule has 1 amide bonds. The van der Waals surface area contributed by atoms with Gasteiger partial charge in [0.05, 0.1) is 5.52 Å². The number of anilines is 1. The Kier molecular flexibility index (Phi) is 5.81. The van der Waals surface area contributed by atoms with E-state index in [4.69, 9.17) is 0 Å². The molecule has 7 heteroatoms. The number of rotatable bonds is 5. The average Bonchev–Trinajstić information content (AvgIpc) is 2.87. The van der Waals surface area contributed by atoms with Crippen molar-refractivity contribution < 1.29 is 18.4 Å². The lowest BCUT2D eigenvalue weighted by Crippen LogP contribution is -2.13. The number of hydrogen-bond acceptors (Lipinski definition) is 4. The van der Waals surface area contributed by atoms with Crippen LogP contribution in [0.15, 0.2) is 97.5 Å². The Balaban J connectivity index is 1.45. The van der Waals surface area contributed by atoms with Crippen molar-refractivity contribution in [1.29, 1.82) is 0 Å². The van der Waals surface area contributed by atoms with E-state index in [2.05, 4.69) is 15.3 Å². The van der Waals surface area contributed by atoms with Crippen molar-refractivity contribution in [3.63, 3.8) is 0 Å². The Morgan fingerprint density at radius 3 is 2.37 bits per heavy atom. The van der Waals surface area contributed by atoms with Crippen LogP contribution in [0.3, 0.4) is 0 Å². The summed E-state index contributed by atoms with van der Waals surface area (Å²) in [5, 5.41) is 3.26. The van der Waals surface area contributed by atoms with Gasteiger partial charge in [0.15, 0.2) is 5.78 Å². The van der Waals surface area contributed by atoms with Crippen molar-refractivity contribution in [2.24, 2.45) is 0 Å². The average molecular weight is 465 g/mol. The third-order valence-electron chi connectivity index (χ3n) is 5.44. The number of ketones is 1. The molecule has 0 spiro atoms. The van der Waals surface area contributed by atoms with Crippen molar-refractivity contribution in [2.75, 3.05) is 5.32 Å². The van der Waals surface area contributed by atoms with E-state index >= 15 is 0 Å². The van der Waals surface area contributed by atoms with Gasteiger partial charge < -0.3 is 5.32 Å². The Morgan fingerprint density at radius 2 is 1.57 bits per heavy atom. The molecule has 35 heavy (non-hydrogen) atoms. The van der Waals surface area contributed by atoms with Crippen molar-refractivity contribution in [3.8, 4) is 11.1 Å². The molecule has 0 aliphatic heterocycles. The van der Waals surface area contributed by atoms with Gasteiger partial charge in [-0.05, 0) is 66.7 Å². The van der Waals surface area contributed by atoms with Crippen molar-refractivity contribution in [3.05, 3.63) is 126 Å². The van der Waals surface area contributed by atoms with Gasteiger partial charge in [-0.25, -0.2) is 8.78 Å². The van der Waals surface area contributed by atoms with Crippen LogP contribution in [0.2, 0.25) is 0 Å². The molecule has 0 saturated heterocycles. The van der Waals surface area contributed by atoms with E-state index in [1.807, 2.05) is 18.2 Å². The van der Waals surface area contributed by atoms with Gasteiger partial charge in [-0.3, -0.25) is 19.6 Å². The van der Waals surface area contributed by atoms with Gasteiger partial charge in [-0.2, -0.15) is 0 Å². The van der Waals surface area contributed by atoms with E-state index in [9.17, 15) is 18.4 Å². The van der Waals surface area contributed by atoms with E-state index < -0.39 is 23.3 Å². The second kappa shape index (κ2) is 9.23. The number of halogens is 2. The summed E-state index contributed by atoms with van der Waals surface area (Å²) in [5.74, 6) is -2.29. The second-order valence-electron chi connectivity index (χ2n) is 7.90. The molecule has 3 aromatic carbocycles. The van der Waals surface area contributed by atoms with Crippen LogP contribution in [0.5, 0.6) is 0 Å². The number of nitrogens with one attached hydrogen (secondary N) is 1. The summed E-state index contributed by atoms with van der Waals surface area (Å²) in [6, 6.07) is 19.4. The van der Waals surface area contributed by atoms with Gasteiger partial charge in [0, 0.05) is 57.5 Å². The van der Waals surface area contributed by atoms with Crippen LogP contribution in [0.4, 0.5) is 14.5 Å². The van der Waals surface area contributed by atoms with E-state index in [0.717, 1.165) is 34.7 Å². The fourth-order valence-electron chi connectivity index (χ4n) is 3.76. The molecule has 170 valence electrons. The van der Waals surface area contributed by atoms with Gasteiger partial charge in [-0.1, -0.05) is 12.1 Å². The van der Waals surface area contributed by atoms with E-state index in [1.54, 1.807) is 36.8 Å². The van der Waals surface area contributed by atoms with E-state index in [0.29, 0.717) is 11.1 Å². The zero-order valence-electron chi connectivity index (χ0n) is 18.2. The molecule has 0 bridgehead atoms. The molecule has 0 radical (unpaired) electrons. The Morgan fingerprint density at radius 1 is 0.714 bits per heavy atom. The minimum absolute atomic E-state index is 0.0651. The van der Waals surface area contributed by atoms with E-state index in [-0.39, 0.29) is 16.8 Å². The van der Waals surface area contributed by atoms with E-state index in [1.165, 1.54) is 24.3 Å². The molecule has 1 N–H and O–H groups in total. The normalized spacial score (nSPS) is 10.8. The number of carbonyl (C=O) groups is 2. The number of aromatic nitrogens is 2. The maximum Gasteiger partial charge on any atom is 0.255 e. The highest BCUT2D eigenvalue weighted by molar-refractivity contribution is 6.12. The van der Waals surface area contributed by atoms with Gasteiger partial charge >= 0.3 is 0 Å². The topological polar surface area (TPSA) is 72.0 Å². The predicted molar refractivity (Wildman–Crippen MR) is 129 cm³/mol. The zero-order valence-corrected chi connectivity index (χ0v) is 18.2. The maximum atomic E-state index is 14.3. The largest absolute Gasteiger partial charge is 0.322 e. The SMILES string of the molecule is O=C(Nc1cc(F)cc(C(=O)c2ccc3ncc(-c4cccnc4)cc3c2)c1)c1cccc(F)c1. The Labute approximate surface area is 199 Å². The Bertz CT molecular complexity index is 1590. The molecule has 0 unspecified atom stereocenters. The van der Waals surface area contributed by atoms with Crippen LogP contribution in [0, 0.1) is 11.6 Å². The van der Waals surface area contributed by atoms with Crippen LogP contribution in [0.1, 0.15) is 26.3 Å². The molecule has 5 rings (SSSR count). The molecule has 2 heterocycles. The summed E-state index contributed by atoms with van der Waals surface area (Å²) in [6.07, 6.45) is 5.15. The van der Waals surface area contributed by atoms with Crippen LogP contribution >= 0.6 is 0 Å². The predicted octanol–water partition coefficient (Wildman–Crippen LogP) is 6.06. The minimum Gasteiger partial charge on any atom is -0.322 e. The number of pyridine rings is 2. The third-order valence-corrected chi connectivity index (χ3v) is 5.44.